The Morgan fingerprint density at radius 3 is 1.51 bits per heavy atom. The third-order valence-electron chi connectivity index (χ3n) is 8.05. The van der Waals surface area contributed by atoms with Crippen molar-refractivity contribution in [2.75, 3.05) is 52.4 Å². The summed E-state index contributed by atoms with van der Waals surface area (Å²) in [5.74, 6) is 2.14. The number of nitrogens with one attached hydrogen (secondary N) is 4. The molecule has 1 aliphatic carbocycles. The van der Waals surface area contributed by atoms with Crippen LogP contribution in [0.25, 0.3) is 0 Å². The van der Waals surface area contributed by atoms with E-state index in [-0.39, 0.29) is 24.5 Å². The van der Waals surface area contributed by atoms with Crippen LogP contribution in [-0.4, -0.2) is 64.4 Å². The molecule has 0 spiro atoms. The van der Waals surface area contributed by atoms with Crippen LogP contribution in [0.3, 0.4) is 0 Å². The Bertz CT molecular complexity index is 702. The molecule has 6 nitrogen and oxygen atoms in total. The molecule has 1 aromatic carbocycles. The SMILES string of the molecule is CC(C)CNCCCNCCC(N)Cc1cc(CC(N)CCNCCCNCC(C)C)cc(C2CCCCC2)c1.Cl. The van der Waals surface area contributed by atoms with E-state index in [1.807, 2.05) is 0 Å². The quantitative estimate of drug-likeness (QED) is 0.0983. The van der Waals surface area contributed by atoms with Crippen molar-refractivity contribution in [3.05, 3.63) is 34.9 Å². The molecule has 8 N–H and O–H groups in total. The lowest BCUT2D eigenvalue weighted by atomic mass is 9.82. The normalized spacial score (nSPS) is 15.8. The predicted octanol–water partition coefficient (Wildman–Crippen LogP) is 5.13. The fraction of sp³-hybridized carbons (Fsp3) is 0.824. The van der Waals surface area contributed by atoms with Crippen molar-refractivity contribution < 1.29 is 0 Å². The van der Waals surface area contributed by atoms with Gasteiger partial charge in [-0.05, 0) is 138 Å². The van der Waals surface area contributed by atoms with E-state index >= 15 is 0 Å². The number of hydrogen-bond donors (Lipinski definition) is 6. The Morgan fingerprint density at radius 2 is 1.07 bits per heavy atom. The molecule has 1 saturated carbocycles. The average Bonchev–Trinajstić information content (AvgIpc) is 2.91. The smallest absolute Gasteiger partial charge is 0.00914 e. The van der Waals surface area contributed by atoms with Crippen molar-refractivity contribution in [1.29, 1.82) is 0 Å². The zero-order valence-corrected chi connectivity index (χ0v) is 27.9. The Kier molecular flexibility index (Phi) is 22.1. The van der Waals surface area contributed by atoms with Gasteiger partial charge < -0.3 is 32.7 Å². The molecule has 1 fully saturated rings. The number of hydrogen-bond acceptors (Lipinski definition) is 6. The highest BCUT2D eigenvalue weighted by atomic mass is 35.5. The molecule has 0 heterocycles. The van der Waals surface area contributed by atoms with Crippen molar-refractivity contribution >= 4 is 12.4 Å². The average molecular weight is 595 g/mol. The van der Waals surface area contributed by atoms with Crippen LogP contribution < -0.4 is 32.7 Å². The van der Waals surface area contributed by atoms with Crippen LogP contribution in [-0.2, 0) is 12.8 Å². The van der Waals surface area contributed by atoms with Gasteiger partial charge in [0, 0.05) is 12.1 Å². The standard InChI is InChI=1S/C34H66N6.ClH/c1-27(2)25-39-16-8-14-37-18-12-33(35)23-29-20-30(22-32(21-29)31-10-6-5-7-11-31)24-34(36)13-19-38-15-9-17-40-26-28(3)4;/h20-22,27-28,31,33-34,37-40H,5-19,23-26,35-36H2,1-4H3;1H. The van der Waals surface area contributed by atoms with E-state index in [1.54, 1.807) is 0 Å². The van der Waals surface area contributed by atoms with E-state index < -0.39 is 0 Å². The van der Waals surface area contributed by atoms with Crippen LogP contribution in [0, 0.1) is 11.8 Å². The highest BCUT2D eigenvalue weighted by Crippen LogP contribution is 2.34. The summed E-state index contributed by atoms with van der Waals surface area (Å²) in [7, 11) is 0. The molecular formula is C34H67ClN6. The molecule has 1 aromatic rings. The molecule has 0 aliphatic heterocycles. The van der Waals surface area contributed by atoms with Gasteiger partial charge in [0.2, 0.25) is 0 Å². The fourth-order valence-corrected chi connectivity index (χ4v) is 5.79. The van der Waals surface area contributed by atoms with Gasteiger partial charge in [-0.1, -0.05) is 65.2 Å². The second kappa shape index (κ2) is 23.7. The molecule has 0 bridgehead atoms. The molecule has 2 unspecified atom stereocenters. The minimum absolute atomic E-state index is 0. The van der Waals surface area contributed by atoms with Crippen LogP contribution in [0.15, 0.2) is 18.2 Å². The van der Waals surface area contributed by atoms with Gasteiger partial charge in [-0.15, -0.1) is 12.4 Å². The molecule has 0 aromatic heterocycles. The maximum absolute atomic E-state index is 6.63. The molecule has 2 atom stereocenters. The van der Waals surface area contributed by atoms with E-state index in [9.17, 15) is 0 Å². The summed E-state index contributed by atoms with van der Waals surface area (Å²) in [5, 5.41) is 14.2. The molecule has 7 heteroatoms. The first-order valence-electron chi connectivity index (χ1n) is 16.8. The van der Waals surface area contributed by atoms with Gasteiger partial charge in [-0.2, -0.15) is 0 Å². The fourth-order valence-electron chi connectivity index (χ4n) is 5.79. The van der Waals surface area contributed by atoms with Crippen molar-refractivity contribution in [3.63, 3.8) is 0 Å². The minimum Gasteiger partial charge on any atom is -0.327 e. The lowest BCUT2D eigenvalue weighted by Crippen LogP contribution is -2.31. The molecule has 1 aliphatic rings. The van der Waals surface area contributed by atoms with Crippen LogP contribution in [0.5, 0.6) is 0 Å². The number of halogens is 1. The Morgan fingerprint density at radius 1 is 0.634 bits per heavy atom. The third kappa shape index (κ3) is 19.2. The van der Waals surface area contributed by atoms with E-state index in [0.717, 1.165) is 78.0 Å². The maximum atomic E-state index is 6.63. The summed E-state index contributed by atoms with van der Waals surface area (Å²) in [6.07, 6.45) is 13.0. The van der Waals surface area contributed by atoms with Gasteiger partial charge in [-0.3, -0.25) is 0 Å². The molecule has 240 valence electrons. The third-order valence-corrected chi connectivity index (χ3v) is 8.05. The van der Waals surface area contributed by atoms with E-state index in [0.29, 0.717) is 17.8 Å². The summed E-state index contributed by atoms with van der Waals surface area (Å²) in [6.45, 7) is 17.5. The zero-order valence-electron chi connectivity index (χ0n) is 27.1. The zero-order chi connectivity index (χ0) is 29.0. The summed E-state index contributed by atoms with van der Waals surface area (Å²) in [6, 6.07) is 7.71. The second-order valence-corrected chi connectivity index (χ2v) is 13.3. The monoisotopic (exact) mass is 595 g/mol. The summed E-state index contributed by atoms with van der Waals surface area (Å²) in [5.41, 5.74) is 17.6. The summed E-state index contributed by atoms with van der Waals surface area (Å²) >= 11 is 0. The van der Waals surface area contributed by atoms with E-state index in [1.165, 1.54) is 61.6 Å². The van der Waals surface area contributed by atoms with E-state index in [2.05, 4.69) is 67.2 Å². The first-order chi connectivity index (χ1) is 19.3. The maximum Gasteiger partial charge on any atom is 0.00914 e. The molecule has 2 rings (SSSR count). The first kappa shape index (κ1) is 38.3. The van der Waals surface area contributed by atoms with Gasteiger partial charge in [0.1, 0.15) is 0 Å². The lowest BCUT2D eigenvalue weighted by Gasteiger charge is -2.24. The van der Waals surface area contributed by atoms with Crippen molar-refractivity contribution in [1.82, 2.24) is 21.3 Å². The Balaban J connectivity index is 0.00000840. The molecule has 0 radical (unpaired) electrons. The minimum atomic E-state index is 0. The van der Waals surface area contributed by atoms with Crippen molar-refractivity contribution in [3.8, 4) is 0 Å². The van der Waals surface area contributed by atoms with Gasteiger partial charge in [0.25, 0.3) is 0 Å². The number of rotatable bonds is 23. The van der Waals surface area contributed by atoms with Crippen molar-refractivity contribution in [2.24, 2.45) is 23.3 Å². The molecule has 0 amide bonds. The van der Waals surface area contributed by atoms with Gasteiger partial charge in [0.15, 0.2) is 0 Å². The van der Waals surface area contributed by atoms with Crippen LogP contribution in [0.2, 0.25) is 0 Å². The van der Waals surface area contributed by atoms with Crippen molar-refractivity contribution in [2.45, 2.75) is 116 Å². The van der Waals surface area contributed by atoms with Gasteiger partial charge in [0.05, 0.1) is 0 Å². The highest BCUT2D eigenvalue weighted by Gasteiger charge is 2.18. The summed E-state index contributed by atoms with van der Waals surface area (Å²) < 4.78 is 0. The molecular weight excluding hydrogens is 528 g/mol. The molecule has 0 saturated heterocycles. The summed E-state index contributed by atoms with van der Waals surface area (Å²) in [4.78, 5) is 0. The largest absolute Gasteiger partial charge is 0.327 e. The second-order valence-electron chi connectivity index (χ2n) is 13.3. The first-order valence-corrected chi connectivity index (χ1v) is 16.8. The number of nitrogens with two attached hydrogens (primary N) is 2. The number of benzene rings is 1. The molecule has 41 heavy (non-hydrogen) atoms. The van der Waals surface area contributed by atoms with Crippen LogP contribution in [0.4, 0.5) is 0 Å². The van der Waals surface area contributed by atoms with Gasteiger partial charge in [-0.25, -0.2) is 0 Å². The highest BCUT2D eigenvalue weighted by molar-refractivity contribution is 5.85. The van der Waals surface area contributed by atoms with Crippen LogP contribution >= 0.6 is 12.4 Å². The van der Waals surface area contributed by atoms with E-state index in [4.69, 9.17) is 11.5 Å². The Labute approximate surface area is 260 Å². The topological polar surface area (TPSA) is 100 Å². The van der Waals surface area contributed by atoms with Gasteiger partial charge >= 0.3 is 0 Å². The predicted molar refractivity (Wildman–Crippen MR) is 182 cm³/mol. The van der Waals surface area contributed by atoms with Crippen LogP contribution in [0.1, 0.15) is 108 Å². The Hall–Kier alpha value is -0.730. The lowest BCUT2D eigenvalue weighted by molar-refractivity contribution is 0.443.